The minimum atomic E-state index is -0.166. The lowest BCUT2D eigenvalue weighted by Crippen LogP contribution is -2.01. The molecule has 1 rings (SSSR count). The molecule has 0 fully saturated rings. The number of carbonyl (C=O) groups is 1. The Balaban J connectivity index is 3.11. The fourth-order valence-electron chi connectivity index (χ4n) is 1.27. The molecule has 0 aliphatic carbocycles. The molecule has 3 heteroatoms. The second-order valence-electron chi connectivity index (χ2n) is 3.01. The number of aliphatic hydroxyl groups is 1. The van der Waals surface area contributed by atoms with Crippen LogP contribution in [0.25, 0.3) is 5.57 Å². The molecule has 0 atom stereocenters. The van der Waals surface area contributed by atoms with Gasteiger partial charge in [-0.15, -0.1) is 0 Å². The first-order valence-corrected chi connectivity index (χ1v) is 5.11. The molecular weight excluding hydrogens is 196 g/mol. The molecule has 0 aliphatic rings. The molecule has 0 bridgehead atoms. The number of Topliss-reactive ketones (excluding diaryl/α,β-unsaturated/α-hetero) is 1. The third-order valence-corrected chi connectivity index (χ3v) is 2.57. The predicted molar refractivity (Wildman–Crippen MR) is 59.4 cm³/mol. The van der Waals surface area contributed by atoms with Crippen molar-refractivity contribution in [2.45, 2.75) is 13.8 Å². The molecule has 0 radical (unpaired) electrons. The second-order valence-corrected chi connectivity index (χ2v) is 3.79. The Morgan fingerprint density at radius 3 is 2.50 bits per heavy atom. The quantitative estimate of drug-likeness (QED) is 0.470. The molecule has 2 nitrogen and oxygen atoms in total. The number of hydrogen-bond donors (Lipinski definition) is 1. The minimum Gasteiger partial charge on any atom is -0.512 e. The van der Waals surface area contributed by atoms with Crippen LogP contribution in [-0.4, -0.2) is 10.9 Å². The SMILES string of the molecule is C=C(/C(C(C)=O)=C(\C)O)c1ccsc1. The maximum atomic E-state index is 11.2. The van der Waals surface area contributed by atoms with Crippen molar-refractivity contribution in [3.8, 4) is 0 Å². The summed E-state index contributed by atoms with van der Waals surface area (Å²) in [6, 6.07) is 1.87. The topological polar surface area (TPSA) is 37.3 Å². The van der Waals surface area contributed by atoms with Gasteiger partial charge in [0, 0.05) is 0 Å². The molecule has 0 unspecified atom stereocenters. The number of ketones is 1. The first-order valence-electron chi connectivity index (χ1n) is 4.16. The Bertz CT molecular complexity index is 381. The van der Waals surface area contributed by atoms with Gasteiger partial charge in [-0.1, -0.05) is 6.58 Å². The summed E-state index contributed by atoms with van der Waals surface area (Å²) in [6.45, 7) is 6.73. The van der Waals surface area contributed by atoms with Crippen molar-refractivity contribution >= 4 is 22.7 Å². The van der Waals surface area contributed by atoms with Crippen LogP contribution in [0.5, 0.6) is 0 Å². The van der Waals surface area contributed by atoms with Crippen LogP contribution in [0, 0.1) is 0 Å². The Kier molecular flexibility index (Phi) is 3.25. The molecule has 0 aromatic carbocycles. The standard InChI is InChI=1S/C11H12O2S/c1-7(10-4-5-14-6-10)11(8(2)12)9(3)13/h4-6,12H,1H2,2-3H3/b11-8-. The van der Waals surface area contributed by atoms with E-state index in [2.05, 4.69) is 6.58 Å². The van der Waals surface area contributed by atoms with E-state index in [-0.39, 0.29) is 11.5 Å². The Morgan fingerprint density at radius 1 is 1.50 bits per heavy atom. The van der Waals surface area contributed by atoms with Crippen molar-refractivity contribution < 1.29 is 9.90 Å². The fourth-order valence-corrected chi connectivity index (χ4v) is 1.94. The lowest BCUT2D eigenvalue weighted by molar-refractivity contribution is -0.113. The predicted octanol–water partition coefficient (Wildman–Crippen LogP) is 3.18. The van der Waals surface area contributed by atoms with Crippen molar-refractivity contribution in [1.82, 2.24) is 0 Å². The van der Waals surface area contributed by atoms with Gasteiger partial charge in [0.05, 0.1) is 5.57 Å². The van der Waals surface area contributed by atoms with Crippen molar-refractivity contribution in [3.05, 3.63) is 40.3 Å². The van der Waals surface area contributed by atoms with Crippen molar-refractivity contribution in [2.75, 3.05) is 0 Å². The molecule has 0 saturated heterocycles. The fraction of sp³-hybridized carbons (Fsp3) is 0.182. The lowest BCUT2D eigenvalue weighted by Gasteiger charge is -2.06. The van der Waals surface area contributed by atoms with Crippen LogP contribution in [0.2, 0.25) is 0 Å². The van der Waals surface area contributed by atoms with Gasteiger partial charge in [0.2, 0.25) is 0 Å². The van der Waals surface area contributed by atoms with Crippen LogP contribution < -0.4 is 0 Å². The van der Waals surface area contributed by atoms with Crippen LogP contribution in [-0.2, 0) is 4.79 Å². The summed E-state index contributed by atoms with van der Waals surface area (Å²) in [5, 5.41) is 13.2. The summed E-state index contributed by atoms with van der Waals surface area (Å²) in [5.41, 5.74) is 1.77. The number of thiophene rings is 1. The van der Waals surface area contributed by atoms with Crippen LogP contribution in [0.15, 0.2) is 34.7 Å². The van der Waals surface area contributed by atoms with E-state index < -0.39 is 0 Å². The lowest BCUT2D eigenvalue weighted by atomic mass is 9.98. The smallest absolute Gasteiger partial charge is 0.163 e. The normalized spacial score (nSPS) is 12.1. The summed E-state index contributed by atoms with van der Waals surface area (Å²) < 4.78 is 0. The van der Waals surface area contributed by atoms with Gasteiger partial charge in [-0.3, -0.25) is 4.79 Å². The Labute approximate surface area is 87.2 Å². The molecule has 0 saturated carbocycles. The Morgan fingerprint density at radius 2 is 2.14 bits per heavy atom. The van der Waals surface area contributed by atoms with Crippen LogP contribution >= 0.6 is 11.3 Å². The van der Waals surface area contributed by atoms with E-state index in [4.69, 9.17) is 0 Å². The van der Waals surface area contributed by atoms with Gasteiger partial charge >= 0.3 is 0 Å². The van der Waals surface area contributed by atoms with Gasteiger partial charge in [-0.25, -0.2) is 0 Å². The summed E-state index contributed by atoms with van der Waals surface area (Å²) >= 11 is 1.53. The maximum absolute atomic E-state index is 11.2. The molecule has 0 spiro atoms. The highest BCUT2D eigenvalue weighted by Crippen LogP contribution is 2.25. The number of rotatable bonds is 3. The highest BCUT2D eigenvalue weighted by atomic mass is 32.1. The van der Waals surface area contributed by atoms with E-state index in [1.54, 1.807) is 0 Å². The Hall–Kier alpha value is -1.35. The second kappa shape index (κ2) is 4.24. The summed E-state index contributed by atoms with van der Waals surface area (Å²) in [4.78, 5) is 11.2. The highest BCUT2D eigenvalue weighted by Gasteiger charge is 2.13. The van der Waals surface area contributed by atoms with Crippen LogP contribution in [0.1, 0.15) is 19.4 Å². The summed E-state index contributed by atoms with van der Waals surface area (Å²) in [5.74, 6) is -0.144. The van der Waals surface area contributed by atoms with E-state index in [9.17, 15) is 9.90 Å². The van der Waals surface area contributed by atoms with E-state index in [0.29, 0.717) is 11.1 Å². The van der Waals surface area contributed by atoms with Gasteiger partial charge in [0.25, 0.3) is 0 Å². The first kappa shape index (κ1) is 10.7. The summed E-state index contributed by atoms with van der Waals surface area (Å²) in [6.07, 6.45) is 0. The molecule has 74 valence electrons. The van der Waals surface area contributed by atoms with Crippen LogP contribution in [0.4, 0.5) is 0 Å². The number of carbonyl (C=O) groups excluding carboxylic acids is 1. The number of aliphatic hydroxyl groups excluding tert-OH is 1. The molecule has 14 heavy (non-hydrogen) atoms. The van der Waals surface area contributed by atoms with Crippen molar-refractivity contribution in [1.29, 1.82) is 0 Å². The molecular formula is C11H12O2S. The maximum Gasteiger partial charge on any atom is 0.163 e. The van der Waals surface area contributed by atoms with E-state index in [0.717, 1.165) is 5.56 Å². The van der Waals surface area contributed by atoms with E-state index in [1.165, 1.54) is 25.2 Å². The average Bonchev–Trinajstić information content (AvgIpc) is 2.53. The van der Waals surface area contributed by atoms with Gasteiger partial charge in [0.15, 0.2) is 5.78 Å². The minimum absolute atomic E-state index is 0.0219. The number of allylic oxidation sites excluding steroid dienone is 3. The molecule has 0 amide bonds. The van der Waals surface area contributed by atoms with Crippen molar-refractivity contribution in [3.63, 3.8) is 0 Å². The summed E-state index contributed by atoms with van der Waals surface area (Å²) in [7, 11) is 0. The van der Waals surface area contributed by atoms with E-state index in [1.807, 2.05) is 16.8 Å². The zero-order valence-electron chi connectivity index (χ0n) is 8.20. The molecule has 0 aliphatic heterocycles. The zero-order chi connectivity index (χ0) is 10.7. The molecule has 1 aromatic rings. The monoisotopic (exact) mass is 208 g/mol. The number of hydrogen-bond acceptors (Lipinski definition) is 3. The molecule has 1 N–H and O–H groups in total. The third kappa shape index (κ3) is 2.12. The van der Waals surface area contributed by atoms with Crippen molar-refractivity contribution in [2.24, 2.45) is 0 Å². The van der Waals surface area contributed by atoms with Gasteiger partial charge in [0.1, 0.15) is 5.76 Å². The first-order chi connectivity index (χ1) is 6.54. The van der Waals surface area contributed by atoms with Gasteiger partial charge in [-0.2, -0.15) is 11.3 Å². The zero-order valence-corrected chi connectivity index (χ0v) is 9.02. The molecule has 1 heterocycles. The average molecular weight is 208 g/mol. The third-order valence-electron chi connectivity index (χ3n) is 1.89. The highest BCUT2D eigenvalue weighted by molar-refractivity contribution is 7.08. The van der Waals surface area contributed by atoms with Gasteiger partial charge < -0.3 is 5.11 Å². The van der Waals surface area contributed by atoms with Crippen LogP contribution in [0.3, 0.4) is 0 Å². The van der Waals surface area contributed by atoms with Gasteiger partial charge in [-0.05, 0) is 41.8 Å². The molecule has 1 aromatic heterocycles. The largest absolute Gasteiger partial charge is 0.512 e. The van der Waals surface area contributed by atoms with E-state index >= 15 is 0 Å².